The summed E-state index contributed by atoms with van der Waals surface area (Å²) >= 11 is 6.28. The maximum atomic E-state index is 11.8. The Balaban J connectivity index is 3.56. The Labute approximate surface area is 126 Å². The van der Waals surface area contributed by atoms with Crippen LogP contribution in [0, 0.1) is 11.5 Å². The zero-order valence-corrected chi connectivity index (χ0v) is 14.3. The first-order chi connectivity index (χ1) is 9.21. The molecule has 0 aliphatic heterocycles. The number of rotatable bonds is 2. The molecule has 0 amide bonds. The van der Waals surface area contributed by atoms with Crippen molar-refractivity contribution in [1.82, 2.24) is 0 Å². The van der Waals surface area contributed by atoms with Gasteiger partial charge in [-0.2, -0.15) is 0 Å². The van der Waals surface area contributed by atoms with Crippen LogP contribution in [0.4, 0.5) is 5.69 Å². The van der Waals surface area contributed by atoms with E-state index in [-0.39, 0.29) is 5.02 Å². The normalized spacial score (nSPS) is 10.7. The van der Waals surface area contributed by atoms with Crippen molar-refractivity contribution >= 4 is 31.3 Å². The molecule has 0 aliphatic carbocycles. The summed E-state index contributed by atoms with van der Waals surface area (Å²) in [5.74, 6) is 2.59. The predicted octanol–water partition coefficient (Wildman–Crippen LogP) is 3.50. The lowest BCUT2D eigenvalue weighted by Crippen LogP contribution is -2.16. The maximum absolute atomic E-state index is 11.8. The van der Waals surface area contributed by atoms with Crippen LogP contribution in [0.25, 0.3) is 0 Å². The Morgan fingerprint density at radius 1 is 1.45 bits per heavy atom. The van der Waals surface area contributed by atoms with Crippen molar-refractivity contribution in [2.45, 2.75) is 33.0 Å². The number of nitrogens with two attached hydrogens (primary N) is 1. The Bertz CT molecular complexity index is 595. The Kier molecular flexibility index (Phi) is 5.26. The van der Waals surface area contributed by atoms with Crippen LogP contribution in [-0.2, 0) is 11.2 Å². The topological polar surface area (TPSA) is 52.3 Å². The summed E-state index contributed by atoms with van der Waals surface area (Å²) in [6.45, 7) is 8.37. The fourth-order valence-corrected chi connectivity index (χ4v) is 2.43. The van der Waals surface area contributed by atoms with Crippen LogP contribution < -0.4 is 5.73 Å². The molecular formula is C15H20ClNO2Si. The minimum absolute atomic E-state index is 0.275. The number of hydrogen-bond donors (Lipinski definition) is 1. The van der Waals surface area contributed by atoms with Crippen molar-refractivity contribution in [1.29, 1.82) is 0 Å². The number of hydrogen-bond acceptors (Lipinski definition) is 3. The molecule has 108 valence electrons. The molecule has 0 saturated heterocycles. The summed E-state index contributed by atoms with van der Waals surface area (Å²) in [6.07, 6.45) is 0.703. The number of nitrogen functional groups attached to an aromatic ring is 1. The van der Waals surface area contributed by atoms with Gasteiger partial charge in [-0.15, -0.1) is 5.54 Å². The summed E-state index contributed by atoms with van der Waals surface area (Å²) in [5, 5.41) is 0.275. The average molecular weight is 310 g/mol. The first kappa shape index (κ1) is 16.6. The highest BCUT2D eigenvalue weighted by Crippen LogP contribution is 2.30. The molecule has 0 atom stereocenters. The number of methoxy groups -OCH3 is 1. The van der Waals surface area contributed by atoms with Crippen molar-refractivity contribution < 1.29 is 9.53 Å². The number of carbonyl (C=O) groups excluding carboxylic acids is 1. The third-order valence-electron chi connectivity index (χ3n) is 2.74. The van der Waals surface area contributed by atoms with Gasteiger partial charge < -0.3 is 10.5 Å². The molecule has 2 N–H and O–H groups in total. The lowest BCUT2D eigenvalue weighted by atomic mass is 10.0. The van der Waals surface area contributed by atoms with E-state index >= 15 is 0 Å². The zero-order valence-electron chi connectivity index (χ0n) is 12.6. The quantitative estimate of drug-likeness (QED) is 0.394. The second-order valence-electron chi connectivity index (χ2n) is 5.53. The van der Waals surface area contributed by atoms with Crippen LogP contribution in [0.1, 0.15) is 28.4 Å². The van der Waals surface area contributed by atoms with Crippen LogP contribution in [-0.4, -0.2) is 21.2 Å². The first-order valence-electron chi connectivity index (χ1n) is 6.43. The second kappa shape index (κ2) is 6.34. The molecule has 0 saturated carbocycles. The van der Waals surface area contributed by atoms with Gasteiger partial charge in [-0.3, -0.25) is 0 Å². The van der Waals surface area contributed by atoms with Crippen LogP contribution in [0.3, 0.4) is 0 Å². The molecule has 3 nitrogen and oxygen atoms in total. The smallest absolute Gasteiger partial charge is 0.339 e. The first-order valence-corrected chi connectivity index (χ1v) is 10.3. The molecule has 1 aromatic rings. The summed E-state index contributed by atoms with van der Waals surface area (Å²) in [7, 11) is -0.230. The third kappa shape index (κ3) is 3.78. The highest BCUT2D eigenvalue weighted by atomic mass is 35.5. The number of ether oxygens (including phenoxy) is 1. The number of benzene rings is 1. The lowest BCUT2D eigenvalue weighted by molar-refractivity contribution is 0.0601. The van der Waals surface area contributed by atoms with Gasteiger partial charge in [-0.25, -0.2) is 4.79 Å². The van der Waals surface area contributed by atoms with Gasteiger partial charge in [-0.05, 0) is 18.1 Å². The molecule has 1 rings (SSSR count). The van der Waals surface area contributed by atoms with E-state index in [1.54, 1.807) is 6.07 Å². The fourth-order valence-electron chi connectivity index (χ4n) is 1.65. The van der Waals surface area contributed by atoms with E-state index in [1.807, 2.05) is 6.92 Å². The van der Waals surface area contributed by atoms with E-state index in [0.29, 0.717) is 23.2 Å². The Morgan fingerprint density at radius 3 is 2.50 bits per heavy atom. The fraction of sp³-hybridized carbons (Fsp3) is 0.400. The summed E-state index contributed by atoms with van der Waals surface area (Å²) < 4.78 is 4.75. The monoisotopic (exact) mass is 309 g/mol. The summed E-state index contributed by atoms with van der Waals surface area (Å²) in [5.41, 5.74) is 11.6. The zero-order chi connectivity index (χ0) is 15.5. The van der Waals surface area contributed by atoms with Crippen LogP contribution in [0.5, 0.6) is 0 Å². The molecule has 0 fully saturated rings. The van der Waals surface area contributed by atoms with E-state index < -0.39 is 14.0 Å². The van der Waals surface area contributed by atoms with Gasteiger partial charge in [0.1, 0.15) is 8.07 Å². The minimum Gasteiger partial charge on any atom is -0.465 e. The SMILES string of the molecule is CCc1cc(C(=O)OC)c(Cl)c(C#C[Si](C)(C)C)c1N. The van der Waals surface area contributed by atoms with Crippen LogP contribution >= 0.6 is 11.6 Å². The number of halogens is 1. The Hall–Kier alpha value is -1.44. The molecule has 1 aromatic carbocycles. The molecule has 5 heteroatoms. The minimum atomic E-state index is -1.56. The molecule has 0 unspecified atom stereocenters. The van der Waals surface area contributed by atoms with Gasteiger partial charge in [0.15, 0.2) is 0 Å². The van der Waals surface area contributed by atoms with Gasteiger partial charge in [0.25, 0.3) is 0 Å². The predicted molar refractivity (Wildman–Crippen MR) is 86.8 cm³/mol. The largest absolute Gasteiger partial charge is 0.465 e. The van der Waals surface area contributed by atoms with Crippen LogP contribution in [0.15, 0.2) is 6.07 Å². The standard InChI is InChI=1S/C15H20ClNO2Si/c1-6-10-9-12(15(18)19-2)13(16)11(14(10)17)7-8-20(3,4)5/h9H,6,17H2,1-5H3. The Morgan fingerprint density at radius 2 is 2.05 bits per heavy atom. The highest BCUT2D eigenvalue weighted by molar-refractivity contribution is 6.83. The van der Waals surface area contributed by atoms with Gasteiger partial charge in [0.2, 0.25) is 0 Å². The molecule has 0 radical (unpaired) electrons. The number of aryl methyl sites for hydroxylation is 1. The molecule has 0 heterocycles. The van der Waals surface area contributed by atoms with Crippen molar-refractivity contribution in [3.05, 3.63) is 27.8 Å². The van der Waals surface area contributed by atoms with E-state index in [0.717, 1.165) is 5.56 Å². The maximum Gasteiger partial charge on any atom is 0.339 e. The second-order valence-corrected chi connectivity index (χ2v) is 10.7. The van der Waals surface area contributed by atoms with Crippen molar-refractivity contribution in [3.63, 3.8) is 0 Å². The molecule has 0 bridgehead atoms. The summed E-state index contributed by atoms with van der Waals surface area (Å²) in [4.78, 5) is 11.8. The number of esters is 1. The molecule has 20 heavy (non-hydrogen) atoms. The lowest BCUT2D eigenvalue weighted by Gasteiger charge is -2.12. The summed E-state index contributed by atoms with van der Waals surface area (Å²) in [6, 6.07) is 1.68. The van der Waals surface area contributed by atoms with Gasteiger partial charge in [0, 0.05) is 0 Å². The molecule has 0 aliphatic rings. The van der Waals surface area contributed by atoms with Crippen molar-refractivity contribution in [3.8, 4) is 11.5 Å². The number of anilines is 1. The van der Waals surface area contributed by atoms with Gasteiger partial charge in [0.05, 0.1) is 28.9 Å². The molecular weight excluding hydrogens is 290 g/mol. The molecule has 0 spiro atoms. The van der Waals surface area contributed by atoms with E-state index in [9.17, 15) is 4.79 Å². The molecule has 0 aromatic heterocycles. The third-order valence-corrected chi connectivity index (χ3v) is 4.01. The average Bonchev–Trinajstić information content (AvgIpc) is 2.36. The highest BCUT2D eigenvalue weighted by Gasteiger charge is 2.19. The van der Waals surface area contributed by atoms with Crippen molar-refractivity contribution in [2.24, 2.45) is 0 Å². The van der Waals surface area contributed by atoms with E-state index in [4.69, 9.17) is 22.1 Å². The van der Waals surface area contributed by atoms with E-state index in [2.05, 4.69) is 31.1 Å². The van der Waals surface area contributed by atoms with Crippen molar-refractivity contribution in [2.75, 3.05) is 12.8 Å². The van der Waals surface area contributed by atoms with Gasteiger partial charge in [-0.1, -0.05) is 44.1 Å². The number of carbonyl (C=O) groups is 1. The van der Waals surface area contributed by atoms with Crippen LogP contribution in [0.2, 0.25) is 24.7 Å². The van der Waals surface area contributed by atoms with E-state index in [1.165, 1.54) is 7.11 Å². The van der Waals surface area contributed by atoms with Gasteiger partial charge >= 0.3 is 5.97 Å².